The molecule has 4 heteroatoms. The highest BCUT2D eigenvalue weighted by Gasteiger charge is 2.23. The Morgan fingerprint density at radius 3 is 2.35 bits per heavy atom. The van der Waals surface area contributed by atoms with Crippen molar-refractivity contribution in [1.29, 1.82) is 0 Å². The summed E-state index contributed by atoms with van der Waals surface area (Å²) in [5.41, 5.74) is 1.86. The van der Waals surface area contributed by atoms with Gasteiger partial charge in [0.15, 0.2) is 0 Å². The lowest BCUT2D eigenvalue weighted by Crippen LogP contribution is -2.48. The fourth-order valence-corrected chi connectivity index (χ4v) is 3.11. The SMILES string of the molecule is CC(C)(C)C1=CCN(CC(O)CN2CCNCC2)CC1. The first-order chi connectivity index (χ1) is 9.45. The first-order valence-corrected chi connectivity index (χ1v) is 7.98. The van der Waals surface area contributed by atoms with Gasteiger partial charge in [-0.15, -0.1) is 0 Å². The lowest BCUT2D eigenvalue weighted by Gasteiger charge is -2.34. The fourth-order valence-electron chi connectivity index (χ4n) is 3.11. The molecule has 0 aromatic heterocycles. The number of nitrogens with zero attached hydrogens (tertiary/aromatic N) is 2. The smallest absolute Gasteiger partial charge is 0.0793 e. The summed E-state index contributed by atoms with van der Waals surface area (Å²) in [6.07, 6.45) is 3.28. The molecule has 0 amide bonds. The van der Waals surface area contributed by atoms with Crippen LogP contribution in [0.4, 0.5) is 0 Å². The summed E-state index contributed by atoms with van der Waals surface area (Å²) < 4.78 is 0. The average Bonchev–Trinajstić information content (AvgIpc) is 2.39. The summed E-state index contributed by atoms with van der Waals surface area (Å²) in [6, 6.07) is 0. The van der Waals surface area contributed by atoms with Crippen molar-refractivity contribution in [3.05, 3.63) is 11.6 Å². The van der Waals surface area contributed by atoms with Gasteiger partial charge in [-0.1, -0.05) is 32.4 Å². The van der Waals surface area contributed by atoms with Crippen LogP contribution in [0.2, 0.25) is 0 Å². The predicted octanol–water partition coefficient (Wildman–Crippen LogP) is 0.931. The van der Waals surface area contributed by atoms with E-state index < -0.39 is 0 Å². The zero-order valence-corrected chi connectivity index (χ0v) is 13.4. The molecular weight excluding hydrogens is 250 g/mol. The van der Waals surface area contributed by atoms with E-state index in [1.54, 1.807) is 5.57 Å². The Morgan fingerprint density at radius 1 is 1.15 bits per heavy atom. The van der Waals surface area contributed by atoms with Gasteiger partial charge in [-0.2, -0.15) is 0 Å². The molecule has 1 saturated heterocycles. The van der Waals surface area contributed by atoms with Crippen LogP contribution in [-0.4, -0.2) is 73.4 Å². The quantitative estimate of drug-likeness (QED) is 0.752. The van der Waals surface area contributed by atoms with Crippen molar-refractivity contribution in [3.8, 4) is 0 Å². The fraction of sp³-hybridized carbons (Fsp3) is 0.875. The van der Waals surface area contributed by atoms with Crippen LogP contribution in [-0.2, 0) is 0 Å². The van der Waals surface area contributed by atoms with Crippen molar-refractivity contribution < 1.29 is 5.11 Å². The number of aliphatic hydroxyl groups excluding tert-OH is 1. The van der Waals surface area contributed by atoms with Crippen molar-refractivity contribution >= 4 is 0 Å². The van der Waals surface area contributed by atoms with Crippen LogP contribution in [0.25, 0.3) is 0 Å². The van der Waals surface area contributed by atoms with E-state index in [1.165, 1.54) is 0 Å². The monoisotopic (exact) mass is 281 g/mol. The van der Waals surface area contributed by atoms with Gasteiger partial charge in [0, 0.05) is 52.4 Å². The molecule has 2 aliphatic rings. The second-order valence-electron chi connectivity index (χ2n) is 7.19. The predicted molar refractivity (Wildman–Crippen MR) is 83.9 cm³/mol. The zero-order chi connectivity index (χ0) is 14.6. The molecule has 2 rings (SSSR count). The summed E-state index contributed by atoms with van der Waals surface area (Å²) in [5.74, 6) is 0. The van der Waals surface area contributed by atoms with Crippen LogP contribution in [0.15, 0.2) is 11.6 Å². The molecule has 2 aliphatic heterocycles. The third kappa shape index (κ3) is 4.85. The third-order valence-electron chi connectivity index (χ3n) is 4.40. The van der Waals surface area contributed by atoms with Crippen LogP contribution in [0.3, 0.4) is 0 Å². The number of piperazine rings is 1. The van der Waals surface area contributed by atoms with Gasteiger partial charge in [0.25, 0.3) is 0 Å². The Kier molecular flexibility index (Phi) is 5.61. The van der Waals surface area contributed by atoms with E-state index in [2.05, 4.69) is 42.0 Å². The van der Waals surface area contributed by atoms with E-state index >= 15 is 0 Å². The van der Waals surface area contributed by atoms with E-state index in [1.807, 2.05) is 0 Å². The lowest BCUT2D eigenvalue weighted by molar-refractivity contribution is 0.0712. The Hall–Kier alpha value is -0.420. The number of hydrogen-bond acceptors (Lipinski definition) is 4. The molecule has 2 N–H and O–H groups in total. The molecule has 0 aromatic rings. The molecule has 20 heavy (non-hydrogen) atoms. The first-order valence-electron chi connectivity index (χ1n) is 7.98. The number of nitrogens with one attached hydrogen (secondary N) is 1. The van der Waals surface area contributed by atoms with E-state index in [0.29, 0.717) is 5.41 Å². The van der Waals surface area contributed by atoms with Gasteiger partial charge in [-0.3, -0.25) is 9.80 Å². The summed E-state index contributed by atoms with van der Waals surface area (Å²) in [4.78, 5) is 4.74. The molecule has 4 nitrogen and oxygen atoms in total. The first kappa shape index (κ1) is 16.0. The minimum atomic E-state index is -0.224. The molecule has 0 aliphatic carbocycles. The van der Waals surface area contributed by atoms with Crippen molar-refractivity contribution in [2.45, 2.75) is 33.3 Å². The lowest BCUT2D eigenvalue weighted by atomic mass is 9.83. The highest BCUT2D eigenvalue weighted by molar-refractivity contribution is 5.14. The van der Waals surface area contributed by atoms with E-state index in [4.69, 9.17) is 0 Å². The molecular formula is C16H31N3O. The Morgan fingerprint density at radius 2 is 1.80 bits per heavy atom. The van der Waals surface area contributed by atoms with Gasteiger partial charge in [-0.05, 0) is 11.8 Å². The van der Waals surface area contributed by atoms with Gasteiger partial charge in [-0.25, -0.2) is 0 Å². The Balaban J connectivity index is 1.73. The molecule has 0 spiro atoms. The number of hydrogen-bond donors (Lipinski definition) is 2. The largest absolute Gasteiger partial charge is 0.390 e. The van der Waals surface area contributed by atoms with Crippen LogP contribution in [0.1, 0.15) is 27.2 Å². The molecule has 1 unspecified atom stereocenters. The third-order valence-corrected chi connectivity index (χ3v) is 4.40. The van der Waals surface area contributed by atoms with Crippen molar-refractivity contribution in [3.63, 3.8) is 0 Å². The molecule has 116 valence electrons. The highest BCUT2D eigenvalue weighted by atomic mass is 16.3. The van der Waals surface area contributed by atoms with E-state index in [-0.39, 0.29) is 6.10 Å². The van der Waals surface area contributed by atoms with E-state index in [9.17, 15) is 5.11 Å². The van der Waals surface area contributed by atoms with Crippen molar-refractivity contribution in [1.82, 2.24) is 15.1 Å². The maximum absolute atomic E-state index is 10.3. The van der Waals surface area contributed by atoms with Gasteiger partial charge in [0.2, 0.25) is 0 Å². The topological polar surface area (TPSA) is 38.7 Å². The summed E-state index contributed by atoms with van der Waals surface area (Å²) in [6.45, 7) is 14.8. The Bertz CT molecular complexity index is 329. The minimum Gasteiger partial charge on any atom is -0.390 e. The minimum absolute atomic E-state index is 0.224. The number of β-amino-alcohol motifs (C(OH)–C–C–N with tert-alkyl or cyclic N) is 1. The summed E-state index contributed by atoms with van der Waals surface area (Å²) >= 11 is 0. The van der Waals surface area contributed by atoms with Gasteiger partial charge in [0.05, 0.1) is 6.10 Å². The second kappa shape index (κ2) is 7.03. The van der Waals surface area contributed by atoms with E-state index in [0.717, 1.165) is 58.8 Å². The van der Waals surface area contributed by atoms with Gasteiger partial charge < -0.3 is 10.4 Å². The van der Waals surface area contributed by atoms with Crippen LogP contribution < -0.4 is 5.32 Å². The van der Waals surface area contributed by atoms with Gasteiger partial charge in [0.1, 0.15) is 0 Å². The average molecular weight is 281 g/mol. The Labute approximate surface area is 123 Å². The van der Waals surface area contributed by atoms with Crippen LogP contribution >= 0.6 is 0 Å². The summed E-state index contributed by atoms with van der Waals surface area (Å²) in [7, 11) is 0. The maximum Gasteiger partial charge on any atom is 0.0793 e. The van der Waals surface area contributed by atoms with Crippen LogP contribution in [0.5, 0.6) is 0 Å². The maximum atomic E-state index is 10.3. The number of aliphatic hydroxyl groups is 1. The van der Waals surface area contributed by atoms with Crippen molar-refractivity contribution in [2.75, 3.05) is 52.4 Å². The zero-order valence-electron chi connectivity index (χ0n) is 13.4. The molecule has 0 aromatic carbocycles. The standard InChI is InChI=1S/C16H31N3O/c1-16(2,3)14-4-8-18(9-5-14)12-15(20)13-19-10-6-17-7-11-19/h4,15,17,20H,5-13H2,1-3H3. The molecule has 2 heterocycles. The molecule has 1 fully saturated rings. The molecule has 1 atom stereocenters. The molecule has 0 bridgehead atoms. The molecule has 0 saturated carbocycles. The number of rotatable bonds is 4. The normalized spacial score (nSPS) is 24.5. The van der Waals surface area contributed by atoms with Crippen LogP contribution in [0, 0.1) is 5.41 Å². The second-order valence-corrected chi connectivity index (χ2v) is 7.19. The highest BCUT2D eigenvalue weighted by Crippen LogP contribution is 2.29. The summed E-state index contributed by atoms with van der Waals surface area (Å²) in [5, 5.41) is 13.6. The van der Waals surface area contributed by atoms with Crippen molar-refractivity contribution in [2.24, 2.45) is 5.41 Å². The molecule has 0 radical (unpaired) electrons. The van der Waals surface area contributed by atoms with Gasteiger partial charge >= 0.3 is 0 Å².